The lowest BCUT2D eigenvalue weighted by Gasteiger charge is -2.10. The minimum Gasteiger partial charge on any atom is -0.102 e. The van der Waals surface area contributed by atoms with E-state index in [0.717, 1.165) is 6.42 Å². The van der Waals surface area contributed by atoms with Gasteiger partial charge in [0, 0.05) is 12.8 Å². The van der Waals surface area contributed by atoms with Gasteiger partial charge >= 0.3 is 0 Å². The van der Waals surface area contributed by atoms with Crippen LogP contribution >= 0.6 is 50.7 Å². The number of rotatable bonds is 1. The lowest BCUT2D eigenvalue weighted by molar-refractivity contribution is 0.920. The maximum Gasteiger partial charge on any atom is 0.192 e. The molecule has 0 aliphatic heterocycles. The number of hydrogen-bond acceptors (Lipinski definition) is 0. The van der Waals surface area contributed by atoms with E-state index in [2.05, 4.69) is 27.8 Å². The zero-order chi connectivity index (χ0) is 8.91. The average molecular weight is 278 g/mol. The second-order valence-corrected chi connectivity index (χ2v) is 5.58. The van der Waals surface area contributed by atoms with Crippen LogP contribution in [0.5, 0.6) is 0 Å². The molecule has 64 valence electrons. The molecule has 0 aliphatic rings. The fraction of sp³-hybridized carbons (Fsp3) is 0.714. The number of alkyl halides is 4. The molecule has 0 heterocycles. The van der Waals surface area contributed by atoms with E-state index < -0.39 is 3.79 Å². The third kappa shape index (κ3) is 8.82. The van der Waals surface area contributed by atoms with Crippen LogP contribution in [0.1, 0.15) is 19.8 Å². The predicted molar refractivity (Wildman–Crippen MR) is 55.7 cm³/mol. The predicted octanol–water partition coefficient (Wildman–Crippen LogP) is 3.92. The molecule has 0 saturated heterocycles. The van der Waals surface area contributed by atoms with Gasteiger partial charge in [-0.3, -0.25) is 0 Å². The van der Waals surface area contributed by atoms with E-state index in [1.165, 1.54) is 0 Å². The van der Waals surface area contributed by atoms with Gasteiger partial charge in [0.05, 0.1) is 4.83 Å². The normalized spacial score (nSPS) is 13.5. The smallest absolute Gasteiger partial charge is 0.102 e. The summed E-state index contributed by atoms with van der Waals surface area (Å²) in [6, 6.07) is 0. The van der Waals surface area contributed by atoms with Crippen LogP contribution < -0.4 is 0 Å². The van der Waals surface area contributed by atoms with Crippen molar-refractivity contribution < 1.29 is 0 Å². The quantitative estimate of drug-likeness (QED) is 0.504. The van der Waals surface area contributed by atoms with Gasteiger partial charge in [0.25, 0.3) is 0 Å². The highest BCUT2D eigenvalue weighted by Crippen LogP contribution is 2.33. The summed E-state index contributed by atoms with van der Waals surface area (Å²) in [5, 5.41) is 0. The van der Waals surface area contributed by atoms with Gasteiger partial charge in [-0.15, -0.1) is 5.92 Å². The van der Waals surface area contributed by atoms with Crippen molar-refractivity contribution in [3.05, 3.63) is 0 Å². The van der Waals surface area contributed by atoms with Crippen molar-refractivity contribution in [2.45, 2.75) is 28.4 Å². The van der Waals surface area contributed by atoms with Crippen LogP contribution in [0.2, 0.25) is 0 Å². The molecule has 0 aliphatic carbocycles. The summed E-state index contributed by atoms with van der Waals surface area (Å²) in [5.41, 5.74) is 0. The van der Waals surface area contributed by atoms with E-state index in [1.807, 2.05) is 6.92 Å². The summed E-state index contributed by atoms with van der Waals surface area (Å²) in [4.78, 5) is -0.0325. The zero-order valence-corrected chi connectivity index (χ0v) is 9.86. The Bertz CT molecular complexity index is 163. The van der Waals surface area contributed by atoms with Crippen LogP contribution in [-0.4, -0.2) is 8.62 Å². The maximum atomic E-state index is 5.54. The first-order valence-corrected chi connectivity index (χ1v) is 5.20. The summed E-state index contributed by atoms with van der Waals surface area (Å²) in [5.74, 6) is 5.80. The van der Waals surface area contributed by atoms with E-state index in [0.29, 0.717) is 6.42 Å². The first-order chi connectivity index (χ1) is 4.95. The Morgan fingerprint density at radius 3 is 2.36 bits per heavy atom. The largest absolute Gasteiger partial charge is 0.192 e. The number of halogens is 4. The van der Waals surface area contributed by atoms with E-state index in [1.54, 1.807) is 0 Å². The Morgan fingerprint density at radius 1 is 1.45 bits per heavy atom. The SMILES string of the molecule is CCC#CC(Br)CC(Cl)(Cl)Cl. The van der Waals surface area contributed by atoms with E-state index in [9.17, 15) is 0 Å². The first kappa shape index (κ1) is 11.9. The molecule has 0 radical (unpaired) electrons. The lowest BCUT2D eigenvalue weighted by atomic mass is 10.3. The van der Waals surface area contributed by atoms with Gasteiger partial charge in [-0.05, 0) is 0 Å². The molecule has 0 spiro atoms. The molecule has 1 atom stereocenters. The van der Waals surface area contributed by atoms with E-state index >= 15 is 0 Å². The van der Waals surface area contributed by atoms with Crippen LogP contribution in [0.15, 0.2) is 0 Å². The molecule has 0 N–H and O–H groups in total. The van der Waals surface area contributed by atoms with Crippen LogP contribution in [0.3, 0.4) is 0 Å². The summed E-state index contributed by atoms with van der Waals surface area (Å²) in [6.07, 6.45) is 1.23. The Balaban J connectivity index is 3.78. The van der Waals surface area contributed by atoms with Gasteiger partial charge in [-0.1, -0.05) is 63.6 Å². The van der Waals surface area contributed by atoms with Crippen molar-refractivity contribution in [1.82, 2.24) is 0 Å². The first-order valence-electron chi connectivity index (χ1n) is 3.15. The third-order valence-electron chi connectivity index (χ3n) is 0.846. The molecule has 11 heavy (non-hydrogen) atoms. The lowest BCUT2D eigenvalue weighted by Crippen LogP contribution is -2.09. The molecule has 0 nitrogen and oxygen atoms in total. The topological polar surface area (TPSA) is 0 Å². The highest BCUT2D eigenvalue weighted by atomic mass is 79.9. The molecule has 0 amide bonds. The fourth-order valence-corrected chi connectivity index (χ4v) is 2.14. The Morgan fingerprint density at radius 2 is 2.00 bits per heavy atom. The molecule has 1 unspecified atom stereocenters. The molecular weight excluding hydrogens is 270 g/mol. The fourth-order valence-electron chi connectivity index (χ4n) is 0.467. The second kappa shape index (κ2) is 5.54. The molecule has 0 fully saturated rings. The molecule has 4 heteroatoms. The minimum atomic E-state index is -1.21. The second-order valence-electron chi connectivity index (χ2n) is 1.96. The van der Waals surface area contributed by atoms with Gasteiger partial charge in [0.2, 0.25) is 0 Å². The molecule has 0 saturated carbocycles. The van der Waals surface area contributed by atoms with Crippen molar-refractivity contribution in [3.63, 3.8) is 0 Å². The summed E-state index contributed by atoms with van der Waals surface area (Å²) in [6.45, 7) is 1.97. The van der Waals surface area contributed by atoms with Gasteiger partial charge in [-0.25, -0.2) is 0 Å². The molecule has 0 aromatic heterocycles. The van der Waals surface area contributed by atoms with Gasteiger partial charge in [0.1, 0.15) is 0 Å². The number of hydrogen-bond donors (Lipinski definition) is 0. The Labute approximate surface area is 90.7 Å². The Kier molecular flexibility index (Phi) is 6.00. The highest BCUT2D eigenvalue weighted by Gasteiger charge is 2.22. The van der Waals surface area contributed by atoms with Crippen LogP contribution in [0.4, 0.5) is 0 Å². The van der Waals surface area contributed by atoms with E-state index in [4.69, 9.17) is 34.8 Å². The highest BCUT2D eigenvalue weighted by molar-refractivity contribution is 9.09. The molecule has 0 aromatic carbocycles. The van der Waals surface area contributed by atoms with Crippen molar-refractivity contribution in [2.75, 3.05) is 0 Å². The molecular formula is C7H8BrCl3. The van der Waals surface area contributed by atoms with E-state index in [-0.39, 0.29) is 4.83 Å². The summed E-state index contributed by atoms with van der Waals surface area (Å²) >= 11 is 19.9. The zero-order valence-electron chi connectivity index (χ0n) is 6.00. The average Bonchev–Trinajstić information content (AvgIpc) is 1.79. The standard InChI is InChI=1S/C7H8BrCl3/c1-2-3-4-6(8)5-7(9,10)11/h6H,2,5H2,1H3. The van der Waals surface area contributed by atoms with Crippen molar-refractivity contribution >= 4 is 50.7 Å². The third-order valence-corrected chi connectivity index (χ3v) is 1.86. The van der Waals surface area contributed by atoms with Crippen molar-refractivity contribution in [2.24, 2.45) is 0 Å². The molecule has 0 rings (SSSR count). The van der Waals surface area contributed by atoms with Crippen LogP contribution in [0, 0.1) is 11.8 Å². The van der Waals surface area contributed by atoms with Crippen LogP contribution in [0.25, 0.3) is 0 Å². The molecule has 0 bridgehead atoms. The van der Waals surface area contributed by atoms with Crippen molar-refractivity contribution in [1.29, 1.82) is 0 Å². The Hall–Kier alpha value is 0.910. The van der Waals surface area contributed by atoms with Gasteiger partial charge in [0.15, 0.2) is 3.79 Å². The summed E-state index contributed by atoms with van der Waals surface area (Å²) < 4.78 is -1.21. The van der Waals surface area contributed by atoms with Gasteiger partial charge in [-0.2, -0.15) is 0 Å². The van der Waals surface area contributed by atoms with Crippen molar-refractivity contribution in [3.8, 4) is 11.8 Å². The monoisotopic (exact) mass is 276 g/mol. The van der Waals surface area contributed by atoms with Gasteiger partial charge < -0.3 is 0 Å². The minimum absolute atomic E-state index is 0.0325. The molecule has 0 aromatic rings. The summed E-state index contributed by atoms with van der Waals surface area (Å²) in [7, 11) is 0. The van der Waals surface area contributed by atoms with Crippen LogP contribution in [-0.2, 0) is 0 Å². The maximum absolute atomic E-state index is 5.54.